The Morgan fingerprint density at radius 1 is 1.17 bits per heavy atom. The molecule has 0 amide bonds. The average molecular weight is 391 g/mol. The SMILES string of the molecule is CC(=O)[C@H]1CC[C@H]2[C@@H]3CCC4=CC(=O)CC(=[Se])[C@]4(C)[C@H]3CC[C@]12C. The minimum absolute atomic E-state index is 0.0759. The maximum atomic E-state index is 12.2. The topological polar surface area (TPSA) is 34.1 Å². The van der Waals surface area contributed by atoms with Gasteiger partial charge in [-0.25, -0.2) is 0 Å². The van der Waals surface area contributed by atoms with Crippen LogP contribution in [0.3, 0.4) is 0 Å². The van der Waals surface area contributed by atoms with Gasteiger partial charge in [-0.1, -0.05) is 0 Å². The van der Waals surface area contributed by atoms with Crippen molar-refractivity contribution in [2.75, 3.05) is 0 Å². The van der Waals surface area contributed by atoms with E-state index in [4.69, 9.17) is 0 Å². The third kappa shape index (κ3) is 2.10. The summed E-state index contributed by atoms with van der Waals surface area (Å²) in [6.07, 6.45) is 9.50. The molecule has 2 nitrogen and oxygen atoms in total. The van der Waals surface area contributed by atoms with Crippen LogP contribution in [0.25, 0.3) is 0 Å². The van der Waals surface area contributed by atoms with Gasteiger partial charge in [-0.2, -0.15) is 0 Å². The number of hydrogen-bond acceptors (Lipinski definition) is 2. The molecule has 4 aliphatic rings. The fourth-order valence-electron chi connectivity index (χ4n) is 7.09. The number of carbonyl (C=O) groups excluding carboxylic acids is 2. The average Bonchev–Trinajstić information content (AvgIpc) is 2.86. The molecule has 4 aliphatic carbocycles. The van der Waals surface area contributed by atoms with Crippen LogP contribution < -0.4 is 0 Å². The molecule has 0 spiro atoms. The van der Waals surface area contributed by atoms with Crippen molar-refractivity contribution in [1.29, 1.82) is 0 Å². The number of ketones is 2. The summed E-state index contributed by atoms with van der Waals surface area (Å²) in [5.74, 6) is 3.00. The molecule has 0 bridgehead atoms. The zero-order valence-corrected chi connectivity index (χ0v) is 16.8. The summed E-state index contributed by atoms with van der Waals surface area (Å²) in [6, 6.07) is 0. The van der Waals surface area contributed by atoms with Gasteiger partial charge in [0.25, 0.3) is 0 Å². The number of hydrogen-bond donors (Lipinski definition) is 0. The van der Waals surface area contributed by atoms with E-state index in [2.05, 4.69) is 29.4 Å². The molecule has 4 rings (SSSR count). The molecule has 3 fully saturated rings. The summed E-state index contributed by atoms with van der Waals surface area (Å²) in [5, 5.41) is 0. The van der Waals surface area contributed by atoms with E-state index in [0.717, 1.165) is 12.8 Å². The van der Waals surface area contributed by atoms with Gasteiger partial charge in [-0.3, -0.25) is 0 Å². The summed E-state index contributed by atoms with van der Waals surface area (Å²) in [4.78, 5) is 24.2. The zero-order valence-electron chi connectivity index (χ0n) is 15.1. The predicted octanol–water partition coefficient (Wildman–Crippen LogP) is 3.67. The Bertz CT molecular complexity index is 663. The van der Waals surface area contributed by atoms with E-state index in [1.54, 1.807) is 6.92 Å². The first kappa shape index (κ1) is 16.9. The standard InChI is InChI=1S/C21H28O2Se/c1-12(22)16-6-7-17-15-5-4-13-10-14(23)11-19(24)21(13,3)18(15)8-9-20(16,17)2/h10,15-18H,4-9,11H2,1-3H3/t15-,16+,17-,18-,20+,21-/m0/s1. The molecule has 3 saturated carbocycles. The number of fused-ring (bicyclic) bond motifs is 5. The van der Waals surface area contributed by atoms with Crippen molar-refractivity contribution in [3.8, 4) is 0 Å². The Hall–Kier alpha value is -0.531. The Kier molecular flexibility index (Phi) is 3.86. The first-order chi connectivity index (χ1) is 11.3. The van der Waals surface area contributed by atoms with Gasteiger partial charge in [0.1, 0.15) is 0 Å². The number of carbonyl (C=O) groups is 2. The van der Waals surface area contributed by atoms with Crippen LogP contribution in [-0.4, -0.2) is 31.6 Å². The van der Waals surface area contributed by atoms with Gasteiger partial charge < -0.3 is 0 Å². The van der Waals surface area contributed by atoms with Crippen molar-refractivity contribution in [3.05, 3.63) is 11.6 Å². The van der Waals surface area contributed by atoms with Crippen LogP contribution in [0.4, 0.5) is 0 Å². The van der Waals surface area contributed by atoms with Gasteiger partial charge in [-0.05, 0) is 0 Å². The third-order valence-corrected chi connectivity index (χ3v) is 9.53. The maximum absolute atomic E-state index is 12.2. The first-order valence-corrected chi connectivity index (χ1v) is 10.4. The quantitative estimate of drug-likeness (QED) is 0.639. The van der Waals surface area contributed by atoms with E-state index < -0.39 is 0 Å². The number of Topliss-reactive ketones (excluding diaryl/α,β-unsaturated/α-hetero) is 1. The molecule has 3 heteroatoms. The van der Waals surface area contributed by atoms with Crippen LogP contribution in [0.1, 0.15) is 65.7 Å². The van der Waals surface area contributed by atoms with Crippen LogP contribution in [0.15, 0.2) is 11.6 Å². The summed E-state index contributed by atoms with van der Waals surface area (Å²) >= 11 is 3.28. The van der Waals surface area contributed by atoms with Gasteiger partial charge in [0.05, 0.1) is 0 Å². The Balaban J connectivity index is 1.71. The van der Waals surface area contributed by atoms with Crippen molar-refractivity contribution < 1.29 is 9.59 Å². The monoisotopic (exact) mass is 392 g/mol. The Morgan fingerprint density at radius 2 is 1.92 bits per heavy atom. The number of allylic oxidation sites excluding steroid dienone is 1. The molecule has 0 aromatic carbocycles. The van der Waals surface area contributed by atoms with Gasteiger partial charge >= 0.3 is 153 Å². The normalized spacial score (nSPS) is 47.5. The molecule has 130 valence electrons. The second-order valence-electron chi connectivity index (χ2n) is 9.14. The van der Waals surface area contributed by atoms with E-state index >= 15 is 0 Å². The van der Waals surface area contributed by atoms with Gasteiger partial charge in [-0.15, -0.1) is 0 Å². The van der Waals surface area contributed by atoms with Gasteiger partial charge in [0.2, 0.25) is 0 Å². The van der Waals surface area contributed by atoms with E-state index in [1.165, 1.54) is 35.7 Å². The fourth-order valence-corrected chi connectivity index (χ4v) is 7.98. The van der Waals surface area contributed by atoms with E-state index in [9.17, 15) is 9.59 Å². The molecule has 0 aliphatic heterocycles. The molecule has 0 heterocycles. The van der Waals surface area contributed by atoms with Gasteiger partial charge in [0, 0.05) is 0 Å². The van der Waals surface area contributed by atoms with Gasteiger partial charge in [0.15, 0.2) is 0 Å². The third-order valence-electron chi connectivity index (χ3n) is 8.33. The number of rotatable bonds is 1. The van der Waals surface area contributed by atoms with E-state index in [0.29, 0.717) is 30.0 Å². The summed E-state index contributed by atoms with van der Waals surface area (Å²) < 4.78 is 1.27. The molecule has 0 aromatic heterocycles. The van der Waals surface area contributed by atoms with Crippen molar-refractivity contribution in [2.45, 2.75) is 65.7 Å². The molecule has 0 N–H and O–H groups in total. The summed E-state index contributed by atoms with van der Waals surface area (Å²) in [6.45, 7) is 6.58. The molecular weight excluding hydrogens is 363 g/mol. The molecule has 6 atom stereocenters. The Morgan fingerprint density at radius 3 is 2.62 bits per heavy atom. The molecule has 0 aromatic rings. The molecule has 0 radical (unpaired) electrons. The molecule has 0 saturated heterocycles. The fraction of sp³-hybridized carbons (Fsp3) is 0.762. The van der Waals surface area contributed by atoms with Crippen LogP contribution in [-0.2, 0) is 9.59 Å². The zero-order chi connectivity index (χ0) is 17.3. The molecule has 0 unspecified atom stereocenters. The first-order valence-electron chi connectivity index (χ1n) is 9.56. The van der Waals surface area contributed by atoms with Crippen LogP contribution in [0, 0.1) is 34.5 Å². The summed E-state index contributed by atoms with van der Waals surface area (Å²) in [5.41, 5.74) is 1.66. The summed E-state index contributed by atoms with van der Waals surface area (Å²) in [7, 11) is 0. The van der Waals surface area contributed by atoms with Crippen LogP contribution in [0.2, 0.25) is 0 Å². The minimum atomic E-state index is 0.0759. The van der Waals surface area contributed by atoms with Crippen molar-refractivity contribution in [2.24, 2.45) is 34.5 Å². The van der Waals surface area contributed by atoms with E-state index in [1.807, 2.05) is 6.08 Å². The van der Waals surface area contributed by atoms with Crippen LogP contribution >= 0.6 is 0 Å². The second-order valence-corrected chi connectivity index (χ2v) is 10.2. The molecule has 24 heavy (non-hydrogen) atoms. The second kappa shape index (κ2) is 5.48. The van der Waals surface area contributed by atoms with Crippen molar-refractivity contribution in [3.63, 3.8) is 0 Å². The predicted molar refractivity (Wildman–Crippen MR) is 97.0 cm³/mol. The van der Waals surface area contributed by atoms with Crippen molar-refractivity contribution >= 4 is 31.6 Å². The Labute approximate surface area is 153 Å². The van der Waals surface area contributed by atoms with Crippen LogP contribution in [0.5, 0.6) is 0 Å². The molecular formula is C21H28O2Se. The van der Waals surface area contributed by atoms with E-state index in [-0.39, 0.29) is 22.5 Å². The van der Waals surface area contributed by atoms with Crippen molar-refractivity contribution in [1.82, 2.24) is 0 Å².